The van der Waals surface area contributed by atoms with Crippen molar-refractivity contribution >= 4 is 26.7 Å². The maximum absolute atomic E-state index is 5.27. The molecule has 0 saturated heterocycles. The number of benzene rings is 2. The molecular formula is C12H11BrO. The minimum absolute atomic E-state index is 0.944. The Morgan fingerprint density at radius 1 is 1.07 bits per heavy atom. The smallest absolute Gasteiger partial charge is 0.122 e. The van der Waals surface area contributed by atoms with E-state index in [4.69, 9.17) is 4.74 Å². The van der Waals surface area contributed by atoms with Gasteiger partial charge in [-0.2, -0.15) is 0 Å². The largest absolute Gasteiger partial charge is 0.496 e. The van der Waals surface area contributed by atoms with Crippen molar-refractivity contribution in [1.82, 2.24) is 0 Å². The fraction of sp³-hybridized carbons (Fsp3) is 0.167. The minimum atomic E-state index is 0.944. The van der Waals surface area contributed by atoms with Gasteiger partial charge in [0, 0.05) is 4.47 Å². The summed E-state index contributed by atoms with van der Waals surface area (Å²) in [5, 5.41) is 2.44. The fourth-order valence-electron chi connectivity index (χ4n) is 1.58. The molecule has 2 aromatic rings. The van der Waals surface area contributed by atoms with Crippen LogP contribution in [0.4, 0.5) is 0 Å². The molecule has 1 nitrogen and oxygen atoms in total. The number of hydrogen-bond donors (Lipinski definition) is 0. The molecule has 0 saturated carbocycles. The molecule has 0 atom stereocenters. The molecule has 0 heterocycles. The van der Waals surface area contributed by atoms with Gasteiger partial charge in [0.05, 0.1) is 7.11 Å². The second-order valence-corrected chi connectivity index (χ2v) is 4.23. The normalized spacial score (nSPS) is 10.5. The Hall–Kier alpha value is -1.02. The van der Waals surface area contributed by atoms with Crippen molar-refractivity contribution in [2.45, 2.75) is 6.92 Å². The van der Waals surface area contributed by atoms with Gasteiger partial charge in [-0.15, -0.1) is 0 Å². The van der Waals surface area contributed by atoms with E-state index in [0.29, 0.717) is 0 Å². The molecule has 0 N–H and O–H groups in total. The van der Waals surface area contributed by atoms with Crippen LogP contribution < -0.4 is 4.74 Å². The number of aryl methyl sites for hydroxylation is 1. The van der Waals surface area contributed by atoms with Crippen molar-refractivity contribution in [2.75, 3.05) is 7.11 Å². The molecule has 0 aliphatic carbocycles. The van der Waals surface area contributed by atoms with Crippen LogP contribution in [0.1, 0.15) is 5.56 Å². The highest BCUT2D eigenvalue weighted by molar-refractivity contribution is 9.10. The molecule has 14 heavy (non-hydrogen) atoms. The molecular weight excluding hydrogens is 240 g/mol. The van der Waals surface area contributed by atoms with Gasteiger partial charge in [-0.25, -0.2) is 0 Å². The Morgan fingerprint density at radius 2 is 1.86 bits per heavy atom. The van der Waals surface area contributed by atoms with Gasteiger partial charge in [0.25, 0.3) is 0 Å². The lowest BCUT2D eigenvalue weighted by molar-refractivity contribution is 0.412. The van der Waals surface area contributed by atoms with Crippen LogP contribution in [0.5, 0.6) is 5.75 Å². The van der Waals surface area contributed by atoms with Gasteiger partial charge in [0.1, 0.15) is 5.75 Å². The Morgan fingerprint density at radius 3 is 2.57 bits per heavy atom. The Labute approximate surface area is 91.8 Å². The van der Waals surface area contributed by atoms with E-state index < -0.39 is 0 Å². The lowest BCUT2D eigenvalue weighted by Crippen LogP contribution is -1.87. The van der Waals surface area contributed by atoms with E-state index in [2.05, 4.69) is 47.1 Å². The third kappa shape index (κ3) is 1.62. The quantitative estimate of drug-likeness (QED) is 0.746. The van der Waals surface area contributed by atoms with Gasteiger partial charge >= 0.3 is 0 Å². The zero-order chi connectivity index (χ0) is 10.1. The molecule has 0 radical (unpaired) electrons. The Balaban J connectivity index is 2.73. The highest BCUT2D eigenvalue weighted by atomic mass is 79.9. The third-order valence-corrected chi connectivity index (χ3v) is 2.81. The van der Waals surface area contributed by atoms with Crippen LogP contribution in [0.25, 0.3) is 10.8 Å². The third-order valence-electron chi connectivity index (χ3n) is 2.32. The highest BCUT2D eigenvalue weighted by Gasteiger charge is 2.01. The summed E-state index contributed by atoms with van der Waals surface area (Å²) in [4.78, 5) is 0. The highest BCUT2D eigenvalue weighted by Crippen LogP contribution is 2.27. The Bertz CT molecular complexity index is 477. The van der Waals surface area contributed by atoms with Crippen LogP contribution in [0.15, 0.2) is 34.8 Å². The monoisotopic (exact) mass is 250 g/mol. The predicted octanol–water partition coefficient (Wildman–Crippen LogP) is 3.92. The first-order chi connectivity index (χ1) is 6.70. The molecule has 2 rings (SSSR count). The SMILES string of the molecule is COc1cc2ccc(Br)cc2cc1C. The number of rotatable bonds is 1. The van der Waals surface area contributed by atoms with Gasteiger partial charge in [0.2, 0.25) is 0 Å². The Kier molecular flexibility index (Phi) is 2.46. The minimum Gasteiger partial charge on any atom is -0.496 e. The van der Waals surface area contributed by atoms with E-state index >= 15 is 0 Å². The van der Waals surface area contributed by atoms with Gasteiger partial charge in [0.15, 0.2) is 0 Å². The molecule has 0 aliphatic heterocycles. The summed E-state index contributed by atoms with van der Waals surface area (Å²) in [6.45, 7) is 2.05. The zero-order valence-electron chi connectivity index (χ0n) is 8.17. The first kappa shape index (κ1) is 9.53. The molecule has 72 valence electrons. The van der Waals surface area contributed by atoms with E-state index in [9.17, 15) is 0 Å². The molecule has 0 aliphatic rings. The van der Waals surface area contributed by atoms with Gasteiger partial charge in [-0.3, -0.25) is 0 Å². The van der Waals surface area contributed by atoms with E-state index in [1.807, 2.05) is 6.07 Å². The summed E-state index contributed by atoms with van der Waals surface area (Å²) in [6, 6.07) is 10.4. The lowest BCUT2D eigenvalue weighted by atomic mass is 10.1. The maximum atomic E-state index is 5.27. The summed E-state index contributed by atoms with van der Waals surface area (Å²) in [5.41, 5.74) is 1.16. The molecule has 0 unspecified atom stereocenters. The van der Waals surface area contributed by atoms with E-state index in [1.165, 1.54) is 10.8 Å². The predicted molar refractivity (Wildman–Crippen MR) is 62.9 cm³/mol. The van der Waals surface area contributed by atoms with Crippen molar-refractivity contribution < 1.29 is 4.74 Å². The average Bonchev–Trinajstić information content (AvgIpc) is 2.16. The van der Waals surface area contributed by atoms with Gasteiger partial charge in [-0.05, 0) is 47.5 Å². The fourth-order valence-corrected chi connectivity index (χ4v) is 1.96. The number of hydrogen-bond acceptors (Lipinski definition) is 1. The maximum Gasteiger partial charge on any atom is 0.122 e. The van der Waals surface area contributed by atoms with Gasteiger partial charge < -0.3 is 4.74 Å². The van der Waals surface area contributed by atoms with Crippen molar-refractivity contribution in [3.63, 3.8) is 0 Å². The average molecular weight is 251 g/mol. The number of methoxy groups -OCH3 is 1. The first-order valence-corrected chi connectivity index (χ1v) is 5.24. The number of fused-ring (bicyclic) bond motifs is 1. The molecule has 0 fully saturated rings. The second-order valence-electron chi connectivity index (χ2n) is 3.31. The van der Waals surface area contributed by atoms with E-state index in [1.54, 1.807) is 7.11 Å². The molecule has 0 spiro atoms. The summed E-state index contributed by atoms with van der Waals surface area (Å²) >= 11 is 3.46. The van der Waals surface area contributed by atoms with E-state index in [-0.39, 0.29) is 0 Å². The topological polar surface area (TPSA) is 9.23 Å². The van der Waals surface area contributed by atoms with Crippen molar-refractivity contribution in [3.05, 3.63) is 40.4 Å². The first-order valence-electron chi connectivity index (χ1n) is 4.44. The lowest BCUT2D eigenvalue weighted by Gasteiger charge is -2.06. The van der Waals surface area contributed by atoms with E-state index in [0.717, 1.165) is 15.8 Å². The van der Waals surface area contributed by atoms with Crippen molar-refractivity contribution in [2.24, 2.45) is 0 Å². The number of halogens is 1. The van der Waals surface area contributed by atoms with Crippen LogP contribution in [0.3, 0.4) is 0 Å². The number of ether oxygens (including phenoxy) is 1. The van der Waals surface area contributed by atoms with Crippen LogP contribution in [0.2, 0.25) is 0 Å². The van der Waals surface area contributed by atoms with Crippen LogP contribution in [-0.4, -0.2) is 7.11 Å². The van der Waals surface area contributed by atoms with Crippen molar-refractivity contribution in [1.29, 1.82) is 0 Å². The standard InChI is InChI=1S/C12H11BrO/c1-8-5-10-6-11(13)4-3-9(10)7-12(8)14-2/h3-7H,1-2H3. The summed E-state index contributed by atoms with van der Waals surface area (Å²) < 4.78 is 6.38. The second kappa shape index (κ2) is 3.62. The molecule has 2 heteroatoms. The summed E-state index contributed by atoms with van der Waals surface area (Å²) in [7, 11) is 1.70. The zero-order valence-corrected chi connectivity index (χ0v) is 9.76. The molecule has 0 aromatic heterocycles. The van der Waals surface area contributed by atoms with Crippen LogP contribution in [0, 0.1) is 6.92 Å². The van der Waals surface area contributed by atoms with Crippen molar-refractivity contribution in [3.8, 4) is 5.75 Å². The van der Waals surface area contributed by atoms with Crippen LogP contribution in [-0.2, 0) is 0 Å². The molecule has 0 amide bonds. The molecule has 0 bridgehead atoms. The summed E-state index contributed by atoms with van der Waals surface area (Å²) in [5.74, 6) is 0.944. The van der Waals surface area contributed by atoms with Gasteiger partial charge in [-0.1, -0.05) is 22.0 Å². The molecule has 2 aromatic carbocycles. The van der Waals surface area contributed by atoms with Crippen LogP contribution >= 0.6 is 15.9 Å². The summed E-state index contributed by atoms with van der Waals surface area (Å²) in [6.07, 6.45) is 0.